The van der Waals surface area contributed by atoms with Gasteiger partial charge in [0.2, 0.25) is 17.6 Å². The van der Waals surface area contributed by atoms with E-state index in [0.717, 1.165) is 36.1 Å². The van der Waals surface area contributed by atoms with Crippen molar-refractivity contribution in [1.82, 2.24) is 15.0 Å². The van der Waals surface area contributed by atoms with Crippen LogP contribution in [-0.4, -0.2) is 41.1 Å². The fourth-order valence-electron chi connectivity index (χ4n) is 3.67. The Kier molecular flexibility index (Phi) is 4.42. The van der Waals surface area contributed by atoms with Gasteiger partial charge in [-0.3, -0.25) is 4.79 Å². The number of hydrogen-bond acceptors (Lipinski definition) is 5. The molecule has 2 aliphatic carbocycles. The minimum atomic E-state index is -0.0365. The van der Waals surface area contributed by atoms with Crippen LogP contribution in [0.4, 0.5) is 0 Å². The third-order valence-corrected chi connectivity index (χ3v) is 5.28. The van der Waals surface area contributed by atoms with Gasteiger partial charge in [-0.1, -0.05) is 11.2 Å². The minimum absolute atomic E-state index is 0.0365. The molecule has 1 amide bonds. The van der Waals surface area contributed by atoms with E-state index in [-0.39, 0.29) is 23.8 Å². The van der Waals surface area contributed by atoms with Gasteiger partial charge >= 0.3 is 0 Å². The lowest BCUT2D eigenvalue weighted by Crippen LogP contribution is -2.23. The summed E-state index contributed by atoms with van der Waals surface area (Å²) >= 11 is 0. The number of benzene rings is 1. The lowest BCUT2D eigenvalue weighted by molar-refractivity contribution is -0.130. The van der Waals surface area contributed by atoms with Gasteiger partial charge in [0.05, 0.1) is 23.5 Å². The summed E-state index contributed by atoms with van der Waals surface area (Å²) in [5.41, 5.74) is 2.00. The predicted octanol–water partition coefficient (Wildman–Crippen LogP) is 3.56. The second-order valence-corrected chi connectivity index (χ2v) is 7.66. The molecular formula is C20H25N3O3. The van der Waals surface area contributed by atoms with E-state index >= 15 is 0 Å². The highest BCUT2D eigenvalue weighted by molar-refractivity contribution is 5.82. The molecule has 0 radical (unpaired) electrons. The zero-order chi connectivity index (χ0) is 18.3. The second kappa shape index (κ2) is 6.74. The van der Waals surface area contributed by atoms with Crippen molar-refractivity contribution in [1.29, 1.82) is 0 Å². The van der Waals surface area contributed by atoms with Crippen molar-refractivity contribution in [3.8, 4) is 17.1 Å². The molecule has 0 aliphatic heterocycles. The number of hydrogen-bond donors (Lipinski definition) is 0. The molecule has 0 spiro atoms. The maximum absolute atomic E-state index is 12.1. The molecule has 0 unspecified atom stereocenters. The van der Waals surface area contributed by atoms with E-state index in [1.807, 2.05) is 18.2 Å². The molecule has 2 atom stereocenters. The van der Waals surface area contributed by atoms with E-state index in [4.69, 9.17) is 9.26 Å². The first kappa shape index (κ1) is 17.1. The third kappa shape index (κ3) is 3.32. The molecule has 6 heteroatoms. The maximum Gasteiger partial charge on any atom is 0.230 e. The normalized spacial score (nSPS) is 22.4. The van der Waals surface area contributed by atoms with Crippen molar-refractivity contribution in [2.24, 2.45) is 5.92 Å². The molecule has 0 saturated heterocycles. The average Bonchev–Trinajstić information content (AvgIpc) is 3.01. The lowest BCUT2D eigenvalue weighted by atomic mass is 10.1. The van der Waals surface area contributed by atoms with Crippen LogP contribution in [0.1, 0.15) is 49.5 Å². The highest BCUT2D eigenvalue weighted by atomic mass is 16.5. The van der Waals surface area contributed by atoms with Crippen molar-refractivity contribution in [2.45, 2.75) is 51.0 Å². The molecule has 4 rings (SSSR count). The number of carbonyl (C=O) groups excluding carboxylic acids is 1. The summed E-state index contributed by atoms with van der Waals surface area (Å²) in [6, 6.07) is 6.06. The molecule has 2 saturated carbocycles. The molecule has 2 aromatic rings. The first-order valence-electron chi connectivity index (χ1n) is 9.35. The molecule has 1 heterocycles. The average molecular weight is 355 g/mol. The van der Waals surface area contributed by atoms with E-state index in [2.05, 4.69) is 17.1 Å². The number of ether oxygens (including phenoxy) is 1. The minimum Gasteiger partial charge on any atom is -0.490 e. The standard InChI is InChI=1S/C20H25N3O3/c1-12-8-9-14(17(10-12)25-13-6-4-5-7-13)18-21-19(26-22-18)15-11-16(15)20(24)23(2)3/h8-10,13,15-16H,4-7,11H2,1-3H3/t15-,16+/m0/s1. The van der Waals surface area contributed by atoms with Crippen LogP contribution >= 0.6 is 0 Å². The molecule has 0 N–H and O–H groups in total. The summed E-state index contributed by atoms with van der Waals surface area (Å²) in [4.78, 5) is 18.3. The number of aryl methyl sites for hydroxylation is 1. The number of nitrogens with zero attached hydrogens (tertiary/aromatic N) is 3. The van der Waals surface area contributed by atoms with Crippen molar-refractivity contribution >= 4 is 5.91 Å². The van der Waals surface area contributed by atoms with Gasteiger partial charge in [-0.2, -0.15) is 4.98 Å². The molecular weight excluding hydrogens is 330 g/mol. The first-order chi connectivity index (χ1) is 12.5. The molecule has 6 nitrogen and oxygen atoms in total. The Hall–Kier alpha value is -2.37. The largest absolute Gasteiger partial charge is 0.490 e. The Morgan fingerprint density at radius 3 is 2.77 bits per heavy atom. The second-order valence-electron chi connectivity index (χ2n) is 7.66. The highest BCUT2D eigenvalue weighted by Gasteiger charge is 2.48. The fourth-order valence-corrected chi connectivity index (χ4v) is 3.67. The van der Waals surface area contributed by atoms with Crippen LogP contribution in [0.15, 0.2) is 22.7 Å². The van der Waals surface area contributed by atoms with Crippen LogP contribution in [0.25, 0.3) is 11.4 Å². The maximum atomic E-state index is 12.1. The summed E-state index contributed by atoms with van der Waals surface area (Å²) in [5, 5.41) is 4.16. The summed E-state index contributed by atoms with van der Waals surface area (Å²) in [5.74, 6) is 2.03. The van der Waals surface area contributed by atoms with Crippen LogP contribution in [0.2, 0.25) is 0 Å². The van der Waals surface area contributed by atoms with E-state index in [1.54, 1.807) is 19.0 Å². The topological polar surface area (TPSA) is 68.5 Å². The number of carbonyl (C=O) groups is 1. The SMILES string of the molecule is Cc1ccc(-c2noc([C@H]3C[C@H]3C(=O)N(C)C)n2)c(OC2CCCC2)c1. The quantitative estimate of drug-likeness (QED) is 0.820. The van der Waals surface area contributed by atoms with Gasteiger partial charge in [-0.15, -0.1) is 0 Å². The van der Waals surface area contributed by atoms with Gasteiger partial charge in [0, 0.05) is 14.1 Å². The van der Waals surface area contributed by atoms with E-state index in [0.29, 0.717) is 11.7 Å². The van der Waals surface area contributed by atoms with Crippen molar-refractivity contribution in [2.75, 3.05) is 14.1 Å². The Morgan fingerprint density at radius 1 is 1.27 bits per heavy atom. The van der Waals surface area contributed by atoms with Crippen molar-refractivity contribution in [3.05, 3.63) is 29.7 Å². The smallest absolute Gasteiger partial charge is 0.230 e. The zero-order valence-electron chi connectivity index (χ0n) is 15.6. The summed E-state index contributed by atoms with van der Waals surface area (Å²) in [6.07, 6.45) is 5.69. The summed E-state index contributed by atoms with van der Waals surface area (Å²) < 4.78 is 11.7. The first-order valence-corrected chi connectivity index (χ1v) is 9.35. The third-order valence-electron chi connectivity index (χ3n) is 5.28. The number of rotatable bonds is 5. The number of amides is 1. The van der Waals surface area contributed by atoms with Crippen LogP contribution in [0.3, 0.4) is 0 Å². The Bertz CT molecular complexity index is 808. The van der Waals surface area contributed by atoms with Crippen LogP contribution in [-0.2, 0) is 4.79 Å². The molecule has 2 aliphatic rings. The van der Waals surface area contributed by atoms with Gasteiger partial charge in [0.1, 0.15) is 5.75 Å². The molecule has 138 valence electrons. The Labute approximate surface area is 153 Å². The molecule has 2 fully saturated rings. The highest BCUT2D eigenvalue weighted by Crippen LogP contribution is 2.48. The van der Waals surface area contributed by atoms with Crippen LogP contribution in [0, 0.1) is 12.8 Å². The predicted molar refractivity (Wildman–Crippen MR) is 96.9 cm³/mol. The van der Waals surface area contributed by atoms with E-state index in [9.17, 15) is 4.79 Å². The van der Waals surface area contributed by atoms with E-state index < -0.39 is 0 Å². The van der Waals surface area contributed by atoms with Crippen molar-refractivity contribution in [3.63, 3.8) is 0 Å². The summed E-state index contributed by atoms with van der Waals surface area (Å²) in [7, 11) is 3.55. The Balaban J connectivity index is 1.55. The lowest BCUT2D eigenvalue weighted by Gasteiger charge is -2.15. The van der Waals surface area contributed by atoms with Crippen molar-refractivity contribution < 1.29 is 14.1 Å². The van der Waals surface area contributed by atoms with Crippen LogP contribution in [0.5, 0.6) is 5.75 Å². The van der Waals surface area contributed by atoms with Gasteiger partial charge in [0.15, 0.2) is 0 Å². The fraction of sp³-hybridized carbons (Fsp3) is 0.550. The number of aromatic nitrogens is 2. The molecule has 26 heavy (non-hydrogen) atoms. The molecule has 0 bridgehead atoms. The van der Waals surface area contributed by atoms with Gasteiger partial charge in [-0.05, 0) is 56.7 Å². The monoisotopic (exact) mass is 355 g/mol. The van der Waals surface area contributed by atoms with Gasteiger partial charge in [-0.25, -0.2) is 0 Å². The van der Waals surface area contributed by atoms with Crippen LogP contribution < -0.4 is 4.74 Å². The van der Waals surface area contributed by atoms with Gasteiger partial charge < -0.3 is 14.2 Å². The Morgan fingerprint density at radius 2 is 2.04 bits per heavy atom. The zero-order valence-corrected chi connectivity index (χ0v) is 15.6. The van der Waals surface area contributed by atoms with Gasteiger partial charge in [0.25, 0.3) is 0 Å². The summed E-state index contributed by atoms with van der Waals surface area (Å²) in [6.45, 7) is 2.05. The molecule has 1 aromatic carbocycles. The molecule has 1 aromatic heterocycles. The van der Waals surface area contributed by atoms with E-state index in [1.165, 1.54) is 12.8 Å².